The van der Waals surface area contributed by atoms with Gasteiger partial charge in [0.05, 0.1) is 11.7 Å². The largest absolute Gasteiger partial charge is 0.481 e. The maximum atomic E-state index is 11.9. The minimum Gasteiger partial charge on any atom is -0.481 e. The topological polar surface area (TPSA) is 83.9 Å². The SMILES string of the molecule is COCCCS(=O)(=O)N1CCC[C@H](C(=O)O)C1. The first-order chi connectivity index (χ1) is 7.97. The van der Waals surface area contributed by atoms with Gasteiger partial charge in [0.1, 0.15) is 0 Å². The number of carboxylic acids is 1. The van der Waals surface area contributed by atoms with Crippen molar-refractivity contribution in [1.82, 2.24) is 4.31 Å². The Bertz CT molecular complexity index is 354. The Kier molecular flexibility index (Phi) is 5.35. The molecule has 0 aliphatic carbocycles. The highest BCUT2D eigenvalue weighted by atomic mass is 32.2. The average Bonchev–Trinajstić information content (AvgIpc) is 2.29. The van der Waals surface area contributed by atoms with Gasteiger partial charge in [-0.2, -0.15) is 0 Å². The second-order valence-corrected chi connectivity index (χ2v) is 6.29. The first kappa shape index (κ1) is 14.4. The number of hydrogen-bond acceptors (Lipinski definition) is 4. The highest BCUT2D eigenvalue weighted by Crippen LogP contribution is 2.19. The van der Waals surface area contributed by atoms with E-state index in [1.165, 1.54) is 11.4 Å². The second kappa shape index (κ2) is 6.32. The smallest absolute Gasteiger partial charge is 0.307 e. The molecule has 1 aliphatic heterocycles. The quantitative estimate of drug-likeness (QED) is 0.691. The van der Waals surface area contributed by atoms with E-state index in [0.717, 1.165) is 0 Å². The highest BCUT2D eigenvalue weighted by molar-refractivity contribution is 7.89. The number of rotatable bonds is 6. The van der Waals surface area contributed by atoms with Gasteiger partial charge in [0.2, 0.25) is 10.0 Å². The van der Waals surface area contributed by atoms with Gasteiger partial charge >= 0.3 is 5.97 Å². The summed E-state index contributed by atoms with van der Waals surface area (Å²) in [5, 5.41) is 8.89. The molecule has 17 heavy (non-hydrogen) atoms. The summed E-state index contributed by atoms with van der Waals surface area (Å²) >= 11 is 0. The van der Waals surface area contributed by atoms with Crippen molar-refractivity contribution in [2.45, 2.75) is 19.3 Å². The fourth-order valence-corrected chi connectivity index (χ4v) is 3.47. The Morgan fingerprint density at radius 2 is 2.24 bits per heavy atom. The zero-order chi connectivity index (χ0) is 12.9. The molecular weight excluding hydrogens is 246 g/mol. The first-order valence-electron chi connectivity index (χ1n) is 5.67. The summed E-state index contributed by atoms with van der Waals surface area (Å²) in [6, 6.07) is 0. The lowest BCUT2D eigenvalue weighted by Crippen LogP contribution is -2.43. The number of ether oxygens (including phenoxy) is 1. The normalized spacial score (nSPS) is 22.5. The second-order valence-electron chi connectivity index (χ2n) is 4.20. The van der Waals surface area contributed by atoms with E-state index < -0.39 is 21.9 Å². The summed E-state index contributed by atoms with van der Waals surface area (Å²) in [7, 11) is -1.81. The highest BCUT2D eigenvalue weighted by Gasteiger charge is 2.31. The van der Waals surface area contributed by atoms with Crippen LogP contribution in [0, 0.1) is 5.92 Å². The molecular formula is C10H19NO5S. The van der Waals surface area contributed by atoms with Crippen molar-refractivity contribution < 1.29 is 23.1 Å². The van der Waals surface area contributed by atoms with Crippen LogP contribution in [0.5, 0.6) is 0 Å². The molecule has 0 unspecified atom stereocenters. The van der Waals surface area contributed by atoms with E-state index in [1.807, 2.05) is 0 Å². The molecule has 1 fully saturated rings. The molecule has 1 rings (SSSR count). The van der Waals surface area contributed by atoms with Crippen molar-refractivity contribution in [2.24, 2.45) is 5.92 Å². The molecule has 100 valence electrons. The van der Waals surface area contributed by atoms with E-state index in [-0.39, 0.29) is 12.3 Å². The minimum atomic E-state index is -3.33. The Labute approximate surface area is 102 Å². The monoisotopic (exact) mass is 265 g/mol. The van der Waals surface area contributed by atoms with E-state index >= 15 is 0 Å². The van der Waals surface area contributed by atoms with Crippen LogP contribution in [0.25, 0.3) is 0 Å². The zero-order valence-corrected chi connectivity index (χ0v) is 10.8. The van der Waals surface area contributed by atoms with Crippen LogP contribution in [0.4, 0.5) is 0 Å². The molecule has 1 N–H and O–H groups in total. The van der Waals surface area contributed by atoms with Crippen molar-refractivity contribution in [3.8, 4) is 0 Å². The van der Waals surface area contributed by atoms with Crippen LogP contribution in [0.2, 0.25) is 0 Å². The molecule has 7 heteroatoms. The lowest BCUT2D eigenvalue weighted by atomic mass is 10.0. The summed E-state index contributed by atoms with van der Waals surface area (Å²) in [4.78, 5) is 10.8. The molecule has 0 spiro atoms. The molecule has 0 aromatic heterocycles. The van der Waals surface area contributed by atoms with Gasteiger partial charge in [-0.1, -0.05) is 0 Å². The fraction of sp³-hybridized carbons (Fsp3) is 0.900. The third kappa shape index (κ3) is 4.25. The van der Waals surface area contributed by atoms with Crippen molar-refractivity contribution >= 4 is 16.0 Å². The molecule has 0 amide bonds. The molecule has 0 aromatic rings. The lowest BCUT2D eigenvalue weighted by molar-refractivity contribution is -0.142. The van der Waals surface area contributed by atoms with Crippen LogP contribution in [-0.2, 0) is 19.6 Å². The predicted octanol–water partition coefficient (Wildman–Crippen LogP) is 0.149. The molecule has 0 aromatic carbocycles. The van der Waals surface area contributed by atoms with Crippen LogP contribution >= 0.6 is 0 Å². The van der Waals surface area contributed by atoms with E-state index in [2.05, 4.69) is 0 Å². The van der Waals surface area contributed by atoms with Crippen molar-refractivity contribution in [3.63, 3.8) is 0 Å². The van der Waals surface area contributed by atoms with Gasteiger partial charge in [0.15, 0.2) is 0 Å². The van der Waals surface area contributed by atoms with Gasteiger partial charge in [-0.05, 0) is 19.3 Å². The molecule has 1 aliphatic rings. The van der Waals surface area contributed by atoms with Gasteiger partial charge in [-0.15, -0.1) is 0 Å². The molecule has 1 heterocycles. The number of nitrogens with zero attached hydrogens (tertiary/aromatic N) is 1. The Morgan fingerprint density at radius 1 is 1.53 bits per heavy atom. The molecule has 0 bridgehead atoms. The van der Waals surface area contributed by atoms with Gasteiger partial charge in [0.25, 0.3) is 0 Å². The van der Waals surface area contributed by atoms with E-state index in [4.69, 9.17) is 9.84 Å². The first-order valence-corrected chi connectivity index (χ1v) is 7.28. The van der Waals surface area contributed by atoms with Crippen LogP contribution in [0.1, 0.15) is 19.3 Å². The predicted molar refractivity (Wildman–Crippen MR) is 62.2 cm³/mol. The Balaban J connectivity index is 2.55. The van der Waals surface area contributed by atoms with Crippen LogP contribution in [-0.4, -0.2) is 56.4 Å². The number of methoxy groups -OCH3 is 1. The molecule has 0 radical (unpaired) electrons. The molecule has 6 nitrogen and oxygen atoms in total. The summed E-state index contributed by atoms with van der Waals surface area (Å²) in [5.74, 6) is -1.46. The van der Waals surface area contributed by atoms with Crippen molar-refractivity contribution in [3.05, 3.63) is 0 Å². The number of piperidine rings is 1. The van der Waals surface area contributed by atoms with E-state index in [9.17, 15) is 13.2 Å². The van der Waals surface area contributed by atoms with Crippen LogP contribution in [0.3, 0.4) is 0 Å². The lowest BCUT2D eigenvalue weighted by Gasteiger charge is -2.29. The van der Waals surface area contributed by atoms with Crippen molar-refractivity contribution in [2.75, 3.05) is 32.6 Å². The summed E-state index contributed by atoms with van der Waals surface area (Å²) in [6.07, 6.45) is 1.60. The van der Waals surface area contributed by atoms with Crippen molar-refractivity contribution in [1.29, 1.82) is 0 Å². The van der Waals surface area contributed by atoms with Gasteiger partial charge in [0, 0.05) is 26.8 Å². The third-order valence-corrected chi connectivity index (χ3v) is 4.80. The number of carboxylic acid groups (broad SMARTS) is 1. The molecule has 1 atom stereocenters. The number of hydrogen-bond donors (Lipinski definition) is 1. The fourth-order valence-electron chi connectivity index (χ4n) is 1.91. The number of carbonyl (C=O) groups is 1. The number of sulfonamides is 1. The zero-order valence-electron chi connectivity index (χ0n) is 9.96. The van der Waals surface area contributed by atoms with Gasteiger partial charge in [-0.3, -0.25) is 4.79 Å². The van der Waals surface area contributed by atoms with Gasteiger partial charge in [-0.25, -0.2) is 12.7 Å². The number of aliphatic carboxylic acids is 1. The summed E-state index contributed by atoms with van der Waals surface area (Å²) in [6.45, 7) is 0.930. The van der Waals surface area contributed by atoms with E-state index in [1.54, 1.807) is 0 Å². The van der Waals surface area contributed by atoms with Crippen LogP contribution in [0.15, 0.2) is 0 Å². The van der Waals surface area contributed by atoms with Crippen LogP contribution < -0.4 is 0 Å². The molecule has 0 saturated carbocycles. The average molecular weight is 265 g/mol. The Morgan fingerprint density at radius 3 is 2.82 bits per heavy atom. The minimum absolute atomic E-state index is 0.0210. The molecule has 1 saturated heterocycles. The van der Waals surface area contributed by atoms with E-state index in [0.29, 0.717) is 32.4 Å². The third-order valence-electron chi connectivity index (χ3n) is 2.88. The maximum absolute atomic E-state index is 11.9. The Hall–Kier alpha value is -0.660. The summed E-state index contributed by atoms with van der Waals surface area (Å²) < 4.78 is 29.9. The van der Waals surface area contributed by atoms with Gasteiger partial charge < -0.3 is 9.84 Å². The maximum Gasteiger partial charge on any atom is 0.307 e. The summed E-state index contributed by atoms with van der Waals surface area (Å²) in [5.41, 5.74) is 0. The standard InChI is InChI=1S/C10H19NO5S/c1-16-6-3-7-17(14,15)11-5-2-4-9(8-11)10(12)13/h9H,2-8H2,1H3,(H,12,13)/t9-/m0/s1.